The third-order valence-electron chi connectivity index (χ3n) is 7.35. The van der Waals surface area contributed by atoms with Crippen molar-refractivity contribution in [3.05, 3.63) is 83.9 Å². The van der Waals surface area contributed by atoms with Gasteiger partial charge in [0.05, 0.1) is 28.9 Å². The van der Waals surface area contributed by atoms with Crippen molar-refractivity contribution in [2.24, 2.45) is 0 Å². The van der Waals surface area contributed by atoms with E-state index in [1.807, 2.05) is 12.1 Å². The number of nitrogens with zero attached hydrogens (tertiary/aromatic N) is 4. The van der Waals surface area contributed by atoms with E-state index in [9.17, 15) is 23.1 Å². The van der Waals surface area contributed by atoms with Crippen LogP contribution in [0, 0.1) is 0 Å². The Kier molecular flexibility index (Phi) is 6.98. The van der Waals surface area contributed by atoms with Crippen molar-refractivity contribution >= 4 is 16.9 Å². The quantitative estimate of drug-likeness (QED) is 0.228. The smallest absolute Gasteiger partial charge is 0.471 e. The van der Waals surface area contributed by atoms with Gasteiger partial charge in [0.25, 0.3) is 5.91 Å². The number of nitrogens with one attached hydrogen (secondary N) is 1. The van der Waals surface area contributed by atoms with Crippen molar-refractivity contribution < 1.29 is 32.0 Å². The summed E-state index contributed by atoms with van der Waals surface area (Å²) in [6.07, 6.45) is 3.99. The summed E-state index contributed by atoms with van der Waals surface area (Å²) >= 11 is 0. The van der Waals surface area contributed by atoms with E-state index in [1.165, 1.54) is 18.6 Å². The van der Waals surface area contributed by atoms with Crippen LogP contribution in [0.5, 0.6) is 5.75 Å². The molecule has 2 N–H and O–H groups in total. The third-order valence-corrected chi connectivity index (χ3v) is 7.35. The van der Waals surface area contributed by atoms with E-state index in [1.54, 1.807) is 36.8 Å². The minimum absolute atomic E-state index is 0.0315. The zero-order chi connectivity index (χ0) is 28.6. The van der Waals surface area contributed by atoms with Gasteiger partial charge in [-0.25, -0.2) is 4.98 Å². The maximum absolute atomic E-state index is 13.4. The van der Waals surface area contributed by atoms with Crippen molar-refractivity contribution in [1.82, 2.24) is 25.0 Å². The van der Waals surface area contributed by atoms with Crippen LogP contribution in [0.2, 0.25) is 0 Å². The summed E-state index contributed by atoms with van der Waals surface area (Å²) in [6.45, 7) is 0. The van der Waals surface area contributed by atoms with E-state index in [0.29, 0.717) is 11.1 Å². The normalized spacial score (nSPS) is 15.3. The van der Waals surface area contributed by atoms with Gasteiger partial charge in [0.1, 0.15) is 17.8 Å². The maximum atomic E-state index is 13.4. The lowest BCUT2D eigenvalue weighted by Gasteiger charge is -2.25. The number of hydrogen-bond donors (Lipinski definition) is 2. The Hall–Kier alpha value is -4.61. The van der Waals surface area contributed by atoms with Gasteiger partial charge in [-0.15, -0.1) is 0 Å². The fraction of sp³-hybridized carbons (Fsp3) is 0.310. The average Bonchev–Trinajstić information content (AvgIpc) is 3.73. The molecule has 6 rings (SSSR count). The SMILES string of the molecule is O=C(N[C@@H](Cc1ccc(O)cc1)c1noc(C(F)(F)F)n1)c1ccc2c(c1)nc(-c1ccoc1)n2C1CCCCC1. The lowest BCUT2D eigenvalue weighted by atomic mass is 9.95. The number of carbonyl (C=O) groups excluding carboxylic acids is 1. The number of fused-ring (bicyclic) bond motifs is 1. The first-order valence-electron chi connectivity index (χ1n) is 13.3. The van der Waals surface area contributed by atoms with Crippen molar-refractivity contribution in [3.8, 4) is 17.1 Å². The number of carbonyl (C=O) groups is 1. The number of rotatable bonds is 7. The topological polar surface area (TPSA) is 119 Å². The molecule has 12 heteroatoms. The highest BCUT2D eigenvalue weighted by molar-refractivity contribution is 5.98. The minimum atomic E-state index is -4.83. The van der Waals surface area contributed by atoms with Crippen LogP contribution in [0.25, 0.3) is 22.4 Å². The van der Waals surface area contributed by atoms with Crippen LogP contribution in [0.3, 0.4) is 0 Å². The fourth-order valence-corrected chi connectivity index (χ4v) is 5.35. The number of phenolic OH excluding ortho intramolecular Hbond substituents is 1. The number of aromatic hydroxyl groups is 1. The standard InChI is InChI=1S/C29H26F3N5O4/c30-29(31,32)28-35-25(36-41-28)23(14-17-6-9-21(38)10-7-17)34-27(39)18-8-11-24-22(15-18)33-26(19-12-13-40-16-19)37(24)20-4-2-1-3-5-20/h6-13,15-16,20,23,38H,1-5,14H2,(H,34,39)/t23-/m0/s1. The van der Waals surface area contributed by atoms with Crippen LogP contribution in [0.4, 0.5) is 13.2 Å². The van der Waals surface area contributed by atoms with Crippen molar-refractivity contribution in [2.75, 3.05) is 0 Å². The number of furan rings is 1. The zero-order valence-electron chi connectivity index (χ0n) is 21.8. The molecule has 0 aliphatic heterocycles. The summed E-state index contributed by atoms with van der Waals surface area (Å²) in [5, 5.41) is 15.8. The molecule has 2 aromatic carbocycles. The molecule has 1 amide bonds. The number of alkyl halides is 3. The fourth-order valence-electron chi connectivity index (χ4n) is 5.35. The number of halogens is 3. The minimum Gasteiger partial charge on any atom is -0.508 e. The van der Waals surface area contributed by atoms with E-state index >= 15 is 0 Å². The molecule has 0 radical (unpaired) electrons. The first-order chi connectivity index (χ1) is 19.8. The summed E-state index contributed by atoms with van der Waals surface area (Å²) in [6, 6.07) is 12.4. The van der Waals surface area contributed by atoms with Crippen LogP contribution < -0.4 is 5.32 Å². The largest absolute Gasteiger partial charge is 0.508 e. The molecule has 1 aliphatic rings. The van der Waals surface area contributed by atoms with Gasteiger partial charge in [-0.1, -0.05) is 36.6 Å². The number of amides is 1. The van der Waals surface area contributed by atoms with E-state index in [2.05, 4.69) is 24.5 Å². The number of benzene rings is 2. The number of hydrogen-bond acceptors (Lipinski definition) is 7. The Morgan fingerprint density at radius 2 is 1.85 bits per heavy atom. The van der Waals surface area contributed by atoms with E-state index < -0.39 is 24.0 Å². The monoisotopic (exact) mass is 565 g/mol. The molecular weight excluding hydrogens is 539 g/mol. The predicted octanol–water partition coefficient (Wildman–Crippen LogP) is 6.62. The van der Waals surface area contributed by atoms with Crippen LogP contribution in [0.1, 0.15) is 71.8 Å². The molecule has 0 unspecified atom stereocenters. The van der Waals surface area contributed by atoms with Crippen LogP contribution in [0.15, 0.2) is 70.0 Å². The summed E-state index contributed by atoms with van der Waals surface area (Å²) < 4.78 is 51.4. The van der Waals surface area contributed by atoms with Gasteiger partial charge in [-0.05, 0) is 54.8 Å². The lowest BCUT2D eigenvalue weighted by molar-refractivity contribution is -0.159. The summed E-state index contributed by atoms with van der Waals surface area (Å²) in [5.74, 6) is -1.56. The molecule has 0 saturated heterocycles. The van der Waals surface area contributed by atoms with Gasteiger partial charge in [0.15, 0.2) is 5.82 Å². The molecular formula is C29H26F3N5O4. The highest BCUT2D eigenvalue weighted by Gasteiger charge is 2.39. The Morgan fingerprint density at radius 3 is 2.54 bits per heavy atom. The molecule has 0 spiro atoms. The molecule has 1 atom stereocenters. The summed E-state index contributed by atoms with van der Waals surface area (Å²) in [5.41, 5.74) is 3.26. The molecule has 1 fully saturated rings. The third kappa shape index (κ3) is 5.54. The number of phenols is 1. The second-order valence-electron chi connectivity index (χ2n) is 10.2. The van der Waals surface area contributed by atoms with Gasteiger partial charge in [0, 0.05) is 18.0 Å². The molecule has 3 heterocycles. The second kappa shape index (κ2) is 10.8. The average molecular weight is 566 g/mol. The Labute approximate surface area is 232 Å². The second-order valence-corrected chi connectivity index (χ2v) is 10.2. The van der Waals surface area contributed by atoms with Crippen molar-refractivity contribution in [3.63, 3.8) is 0 Å². The van der Waals surface area contributed by atoms with E-state index in [0.717, 1.165) is 42.6 Å². The van der Waals surface area contributed by atoms with Crippen LogP contribution in [-0.2, 0) is 12.6 Å². The Bertz CT molecular complexity index is 1650. The van der Waals surface area contributed by atoms with Crippen LogP contribution in [-0.4, -0.2) is 30.7 Å². The van der Waals surface area contributed by atoms with Crippen molar-refractivity contribution in [1.29, 1.82) is 0 Å². The number of imidazole rings is 1. The van der Waals surface area contributed by atoms with Gasteiger partial charge < -0.3 is 23.9 Å². The summed E-state index contributed by atoms with van der Waals surface area (Å²) in [7, 11) is 0. The van der Waals surface area contributed by atoms with Gasteiger partial charge in [-0.2, -0.15) is 18.2 Å². The molecule has 1 aliphatic carbocycles. The molecule has 0 bridgehead atoms. The highest BCUT2D eigenvalue weighted by Crippen LogP contribution is 2.36. The Balaban J connectivity index is 1.32. The molecule has 3 aromatic heterocycles. The molecule has 212 valence electrons. The molecule has 41 heavy (non-hydrogen) atoms. The van der Waals surface area contributed by atoms with Gasteiger partial charge >= 0.3 is 12.1 Å². The van der Waals surface area contributed by atoms with E-state index in [-0.39, 0.29) is 29.6 Å². The zero-order valence-corrected chi connectivity index (χ0v) is 21.8. The molecule has 1 saturated carbocycles. The highest BCUT2D eigenvalue weighted by atomic mass is 19.4. The molecule has 5 aromatic rings. The number of aromatic nitrogens is 4. The maximum Gasteiger partial charge on any atom is 0.471 e. The van der Waals surface area contributed by atoms with E-state index in [4.69, 9.17) is 9.40 Å². The van der Waals surface area contributed by atoms with Gasteiger partial charge in [-0.3, -0.25) is 4.79 Å². The predicted molar refractivity (Wildman–Crippen MR) is 141 cm³/mol. The molecule has 9 nitrogen and oxygen atoms in total. The summed E-state index contributed by atoms with van der Waals surface area (Å²) in [4.78, 5) is 21.8. The first-order valence-corrected chi connectivity index (χ1v) is 13.3. The Morgan fingerprint density at radius 1 is 1.07 bits per heavy atom. The van der Waals surface area contributed by atoms with Crippen molar-refractivity contribution in [2.45, 2.75) is 56.8 Å². The first kappa shape index (κ1) is 26.6. The van der Waals surface area contributed by atoms with Gasteiger partial charge in [0.2, 0.25) is 0 Å². The lowest BCUT2D eigenvalue weighted by Crippen LogP contribution is -2.31. The van der Waals surface area contributed by atoms with Crippen LogP contribution >= 0.6 is 0 Å².